The lowest BCUT2D eigenvalue weighted by atomic mass is 10.0. The average Bonchev–Trinajstić information content (AvgIpc) is 3.07. The zero-order chi connectivity index (χ0) is 16.2. The second kappa shape index (κ2) is 7.17. The van der Waals surface area contributed by atoms with Gasteiger partial charge >= 0.3 is 0 Å². The molecule has 1 N–H and O–H groups in total. The standard InChI is InChI=1S/C17H22N4OS/c1-3-12(4-2)19-16(22)11-23-17-20-14-8-6-5-7-13(14)15-9-10-18-21(15)17/h5-8,10,12,15H,3-4,9,11H2,1-2H3,(H,19,22). The van der Waals surface area contributed by atoms with Gasteiger partial charge in [-0.2, -0.15) is 5.10 Å². The maximum absolute atomic E-state index is 12.1. The molecular weight excluding hydrogens is 308 g/mol. The van der Waals surface area contributed by atoms with Crippen LogP contribution in [0.2, 0.25) is 0 Å². The SMILES string of the molecule is CCC(CC)NC(=O)CSC1=Nc2ccccc2C2CC=NN12. The first kappa shape index (κ1) is 16.1. The third kappa shape index (κ3) is 3.42. The number of para-hydroxylation sites is 1. The van der Waals surface area contributed by atoms with Crippen LogP contribution in [-0.4, -0.2) is 34.1 Å². The van der Waals surface area contributed by atoms with Crippen LogP contribution in [0.1, 0.15) is 44.7 Å². The lowest BCUT2D eigenvalue weighted by molar-refractivity contribution is -0.119. The molecule has 2 aliphatic heterocycles. The zero-order valence-corrected chi connectivity index (χ0v) is 14.3. The molecule has 3 rings (SSSR count). The predicted molar refractivity (Wildman–Crippen MR) is 96.2 cm³/mol. The number of nitrogens with one attached hydrogen (secondary N) is 1. The number of thioether (sulfide) groups is 1. The normalized spacial score (nSPS) is 18.7. The van der Waals surface area contributed by atoms with E-state index in [4.69, 9.17) is 4.99 Å². The Labute approximate surface area is 141 Å². The molecule has 2 heterocycles. The number of hydrogen-bond donors (Lipinski definition) is 1. The van der Waals surface area contributed by atoms with Crippen LogP contribution in [0.3, 0.4) is 0 Å². The first-order chi connectivity index (χ1) is 11.2. The van der Waals surface area contributed by atoms with Crippen LogP contribution >= 0.6 is 11.8 Å². The number of aliphatic imine (C=N–C) groups is 1. The Morgan fingerprint density at radius 1 is 1.39 bits per heavy atom. The Hall–Kier alpha value is -1.82. The first-order valence-electron chi connectivity index (χ1n) is 8.14. The van der Waals surface area contributed by atoms with E-state index in [0.717, 1.165) is 30.1 Å². The molecule has 0 bridgehead atoms. The number of hydrazone groups is 1. The summed E-state index contributed by atoms with van der Waals surface area (Å²) < 4.78 is 0. The van der Waals surface area contributed by atoms with E-state index in [1.165, 1.54) is 17.3 Å². The van der Waals surface area contributed by atoms with E-state index in [0.29, 0.717) is 5.75 Å². The lowest BCUT2D eigenvalue weighted by Crippen LogP contribution is -2.36. The van der Waals surface area contributed by atoms with Gasteiger partial charge in [0.1, 0.15) is 0 Å². The highest BCUT2D eigenvalue weighted by Crippen LogP contribution is 2.40. The third-order valence-electron chi connectivity index (χ3n) is 4.22. The Morgan fingerprint density at radius 2 is 2.17 bits per heavy atom. The second-order valence-electron chi connectivity index (χ2n) is 5.72. The van der Waals surface area contributed by atoms with Gasteiger partial charge in [0.05, 0.1) is 17.5 Å². The molecular formula is C17H22N4OS. The number of hydrogen-bond acceptors (Lipinski definition) is 5. The molecule has 1 aromatic rings. The van der Waals surface area contributed by atoms with Gasteiger partial charge in [-0.05, 0) is 18.9 Å². The quantitative estimate of drug-likeness (QED) is 0.899. The van der Waals surface area contributed by atoms with Crippen LogP contribution < -0.4 is 5.32 Å². The van der Waals surface area contributed by atoms with Crippen LogP contribution in [-0.2, 0) is 4.79 Å². The third-order valence-corrected chi connectivity index (χ3v) is 5.16. The van der Waals surface area contributed by atoms with Crippen LogP contribution in [0.4, 0.5) is 5.69 Å². The van der Waals surface area contributed by atoms with Crippen molar-refractivity contribution in [1.82, 2.24) is 10.3 Å². The molecule has 1 unspecified atom stereocenters. The minimum atomic E-state index is 0.0602. The summed E-state index contributed by atoms with van der Waals surface area (Å²) in [5.41, 5.74) is 2.19. The number of nitrogens with zero attached hydrogens (tertiary/aromatic N) is 3. The van der Waals surface area contributed by atoms with Crippen molar-refractivity contribution < 1.29 is 4.79 Å². The van der Waals surface area contributed by atoms with Crippen LogP contribution in [0.15, 0.2) is 34.4 Å². The van der Waals surface area contributed by atoms with E-state index < -0.39 is 0 Å². The van der Waals surface area contributed by atoms with Crippen molar-refractivity contribution in [2.24, 2.45) is 10.1 Å². The van der Waals surface area contributed by atoms with Crippen molar-refractivity contribution in [2.75, 3.05) is 5.75 Å². The van der Waals surface area contributed by atoms with Gasteiger partial charge in [0.2, 0.25) is 5.91 Å². The van der Waals surface area contributed by atoms with Crippen LogP contribution in [0, 0.1) is 0 Å². The maximum atomic E-state index is 12.1. The molecule has 6 heteroatoms. The smallest absolute Gasteiger partial charge is 0.230 e. The van der Waals surface area contributed by atoms with E-state index >= 15 is 0 Å². The Bertz CT molecular complexity index is 639. The molecule has 2 aliphatic rings. The first-order valence-corrected chi connectivity index (χ1v) is 9.13. The summed E-state index contributed by atoms with van der Waals surface area (Å²) in [6.07, 6.45) is 4.73. The summed E-state index contributed by atoms with van der Waals surface area (Å²) in [5.74, 6) is 0.431. The van der Waals surface area contributed by atoms with Gasteiger partial charge < -0.3 is 5.32 Å². The molecule has 5 nitrogen and oxygen atoms in total. The van der Waals surface area contributed by atoms with Gasteiger partial charge in [-0.3, -0.25) is 4.79 Å². The molecule has 1 atom stereocenters. The minimum Gasteiger partial charge on any atom is -0.353 e. The number of amidine groups is 1. The molecule has 0 fully saturated rings. The molecule has 1 amide bonds. The monoisotopic (exact) mass is 330 g/mol. The highest BCUT2D eigenvalue weighted by atomic mass is 32.2. The zero-order valence-electron chi connectivity index (χ0n) is 13.5. The van der Waals surface area contributed by atoms with Crippen molar-refractivity contribution in [3.05, 3.63) is 29.8 Å². The second-order valence-corrected chi connectivity index (χ2v) is 6.66. The fourth-order valence-electron chi connectivity index (χ4n) is 2.87. The average molecular weight is 330 g/mol. The fraction of sp³-hybridized carbons (Fsp3) is 0.471. The number of amides is 1. The van der Waals surface area contributed by atoms with Gasteiger partial charge in [-0.25, -0.2) is 10.0 Å². The number of carbonyl (C=O) groups excluding carboxylic acids is 1. The predicted octanol–water partition coefficient (Wildman–Crippen LogP) is 3.46. The van der Waals surface area contributed by atoms with Crippen LogP contribution in [0.25, 0.3) is 0 Å². The topological polar surface area (TPSA) is 57.1 Å². The summed E-state index contributed by atoms with van der Waals surface area (Å²) in [6.45, 7) is 4.18. The molecule has 0 saturated heterocycles. The summed E-state index contributed by atoms with van der Waals surface area (Å²) in [7, 11) is 0. The van der Waals surface area contributed by atoms with Gasteiger partial charge in [-0.15, -0.1) is 0 Å². The molecule has 0 aromatic heterocycles. The molecule has 0 aliphatic carbocycles. The Kier molecular flexibility index (Phi) is 5.00. The number of benzene rings is 1. The number of fused-ring (bicyclic) bond motifs is 3. The number of carbonyl (C=O) groups is 1. The van der Waals surface area contributed by atoms with Gasteiger partial charge in [0.15, 0.2) is 5.17 Å². The van der Waals surface area contributed by atoms with Crippen molar-refractivity contribution in [2.45, 2.75) is 45.2 Å². The van der Waals surface area contributed by atoms with Crippen LogP contribution in [0.5, 0.6) is 0 Å². The number of rotatable bonds is 5. The fourth-order valence-corrected chi connectivity index (χ4v) is 3.69. The summed E-state index contributed by atoms with van der Waals surface area (Å²) >= 11 is 1.46. The van der Waals surface area contributed by atoms with Gasteiger partial charge in [-0.1, -0.05) is 43.8 Å². The van der Waals surface area contributed by atoms with E-state index in [1.807, 2.05) is 29.4 Å². The van der Waals surface area contributed by atoms with Gasteiger partial charge in [0, 0.05) is 24.2 Å². The minimum absolute atomic E-state index is 0.0602. The Morgan fingerprint density at radius 3 is 2.96 bits per heavy atom. The summed E-state index contributed by atoms with van der Waals surface area (Å²) in [6, 6.07) is 8.63. The Balaban J connectivity index is 1.69. The highest BCUT2D eigenvalue weighted by Gasteiger charge is 2.32. The molecule has 1 aromatic carbocycles. The van der Waals surface area contributed by atoms with Crippen molar-refractivity contribution in [3.8, 4) is 0 Å². The largest absolute Gasteiger partial charge is 0.353 e. The molecule has 122 valence electrons. The van der Waals surface area contributed by atoms with Gasteiger partial charge in [0.25, 0.3) is 0 Å². The van der Waals surface area contributed by atoms with E-state index in [9.17, 15) is 4.79 Å². The molecule has 0 saturated carbocycles. The van der Waals surface area contributed by atoms with E-state index in [-0.39, 0.29) is 18.0 Å². The molecule has 0 spiro atoms. The highest BCUT2D eigenvalue weighted by molar-refractivity contribution is 8.14. The summed E-state index contributed by atoms with van der Waals surface area (Å²) in [4.78, 5) is 16.8. The van der Waals surface area contributed by atoms with E-state index in [2.05, 4.69) is 30.3 Å². The van der Waals surface area contributed by atoms with Crippen molar-refractivity contribution in [1.29, 1.82) is 0 Å². The lowest BCUT2D eigenvalue weighted by Gasteiger charge is -2.29. The van der Waals surface area contributed by atoms with E-state index in [1.54, 1.807) is 0 Å². The molecule has 23 heavy (non-hydrogen) atoms. The molecule has 0 radical (unpaired) electrons. The van der Waals surface area contributed by atoms with Crippen molar-refractivity contribution >= 4 is 34.7 Å². The van der Waals surface area contributed by atoms with Crippen molar-refractivity contribution in [3.63, 3.8) is 0 Å². The maximum Gasteiger partial charge on any atom is 0.230 e. The summed E-state index contributed by atoms with van der Waals surface area (Å²) in [5, 5.41) is 10.2.